The van der Waals surface area contributed by atoms with Crippen molar-refractivity contribution in [3.05, 3.63) is 211 Å². The van der Waals surface area contributed by atoms with E-state index in [1.165, 1.54) is 76.8 Å². The fourth-order valence-corrected chi connectivity index (χ4v) is 9.89. The monoisotopic (exact) mass is 777 g/mol. The molecule has 0 spiro atoms. The van der Waals surface area contributed by atoms with Crippen molar-refractivity contribution >= 4 is 32.3 Å². The Morgan fingerprint density at radius 2 is 0.820 bits per heavy atom. The second-order valence-electron chi connectivity index (χ2n) is 16.8. The third-order valence-corrected chi connectivity index (χ3v) is 12.9. The van der Waals surface area contributed by atoms with Gasteiger partial charge in [-0.3, -0.25) is 0 Å². The normalized spacial score (nSPS) is 12.9. The van der Waals surface area contributed by atoms with Gasteiger partial charge in [-0.25, -0.2) is 15.0 Å². The van der Waals surface area contributed by atoms with Crippen LogP contribution in [0.3, 0.4) is 0 Å². The number of fused-ring (bicyclic) bond motifs is 3. The molecule has 1 aromatic heterocycles. The van der Waals surface area contributed by atoms with Gasteiger partial charge in [0.1, 0.15) is 0 Å². The van der Waals surface area contributed by atoms with Gasteiger partial charge in [-0.1, -0.05) is 202 Å². The van der Waals surface area contributed by atoms with Crippen molar-refractivity contribution in [1.82, 2.24) is 15.0 Å². The molecule has 0 saturated carbocycles. The largest absolute Gasteiger partial charge is 0.208 e. The number of rotatable bonds is 6. The number of benzene rings is 10. The van der Waals surface area contributed by atoms with Crippen LogP contribution in [0.15, 0.2) is 200 Å². The third kappa shape index (κ3) is 5.69. The van der Waals surface area contributed by atoms with Gasteiger partial charge in [0.05, 0.1) is 0 Å². The molecule has 0 aliphatic heterocycles. The molecule has 12 rings (SSSR count). The first-order chi connectivity index (χ1) is 30.0. The average Bonchev–Trinajstić information content (AvgIpc) is 3.56. The first kappa shape index (κ1) is 35.2. The Balaban J connectivity index is 0.890. The Hall–Kier alpha value is -7.75. The van der Waals surface area contributed by atoms with Crippen molar-refractivity contribution in [2.24, 2.45) is 0 Å². The Kier molecular flexibility index (Phi) is 7.88. The lowest BCUT2D eigenvalue weighted by Gasteiger charge is -2.25. The molecule has 286 valence electrons. The fourth-order valence-electron chi connectivity index (χ4n) is 9.89. The zero-order valence-corrected chi connectivity index (χ0v) is 33.9. The predicted molar refractivity (Wildman–Crippen MR) is 254 cm³/mol. The van der Waals surface area contributed by atoms with E-state index in [1.807, 2.05) is 60.7 Å². The van der Waals surface area contributed by atoms with E-state index in [9.17, 15) is 0 Å². The number of aromatic nitrogens is 3. The lowest BCUT2D eigenvalue weighted by molar-refractivity contribution is 0.662. The lowest BCUT2D eigenvalue weighted by atomic mass is 9.78. The maximum Gasteiger partial charge on any atom is 0.164 e. The topological polar surface area (TPSA) is 38.7 Å². The summed E-state index contributed by atoms with van der Waals surface area (Å²) in [4.78, 5) is 14.9. The van der Waals surface area contributed by atoms with Crippen LogP contribution in [0.4, 0.5) is 0 Å². The predicted octanol–water partition coefficient (Wildman–Crippen LogP) is 15.1. The van der Waals surface area contributed by atoms with Crippen LogP contribution in [0.5, 0.6) is 0 Å². The Morgan fingerprint density at radius 1 is 0.311 bits per heavy atom. The van der Waals surface area contributed by atoms with Gasteiger partial charge in [0.2, 0.25) is 0 Å². The van der Waals surface area contributed by atoms with Crippen LogP contribution in [0.1, 0.15) is 25.0 Å². The van der Waals surface area contributed by atoms with Gasteiger partial charge in [-0.2, -0.15) is 0 Å². The van der Waals surface area contributed by atoms with Crippen LogP contribution >= 0.6 is 0 Å². The quantitative estimate of drug-likeness (QED) is 0.158. The number of nitrogens with zero attached hydrogens (tertiary/aromatic N) is 3. The SMILES string of the molecule is CC1(C)c2cc(-c3ccc4ccc5cccc6ccc3c4c56)ccc2-c2cccc(-c3ccc(-c4cccc(-c5nc(-c6ccccc6)nc(-c6ccccc6)n5)c4)cc3)c21. The van der Waals surface area contributed by atoms with E-state index in [0.29, 0.717) is 17.5 Å². The van der Waals surface area contributed by atoms with E-state index in [2.05, 4.69) is 153 Å². The van der Waals surface area contributed by atoms with E-state index in [0.717, 1.165) is 27.8 Å². The highest BCUT2D eigenvalue weighted by atomic mass is 15.0. The summed E-state index contributed by atoms with van der Waals surface area (Å²) in [5.74, 6) is 1.96. The molecule has 0 bridgehead atoms. The van der Waals surface area contributed by atoms with E-state index < -0.39 is 0 Å². The van der Waals surface area contributed by atoms with Crippen LogP contribution in [-0.2, 0) is 5.41 Å². The summed E-state index contributed by atoms with van der Waals surface area (Å²) >= 11 is 0. The Labute approximate surface area is 355 Å². The molecule has 0 saturated heterocycles. The maximum atomic E-state index is 4.98. The Bertz CT molecular complexity index is 3400. The molecule has 3 heteroatoms. The molecule has 1 aliphatic carbocycles. The molecule has 1 heterocycles. The molecular formula is C58H39N3. The highest BCUT2D eigenvalue weighted by Gasteiger charge is 2.38. The first-order valence-electron chi connectivity index (χ1n) is 21.0. The third-order valence-electron chi connectivity index (χ3n) is 12.9. The molecule has 1 aliphatic rings. The van der Waals surface area contributed by atoms with Gasteiger partial charge < -0.3 is 0 Å². The highest BCUT2D eigenvalue weighted by molar-refractivity contribution is 6.25. The standard InChI is InChI=1S/C58H39N3/c1-58(2)51-35-44(46-31-28-40-27-26-38-16-9-17-39-29-33-49(46)53(40)52(38)39)30-32-48(51)50-21-11-20-47(54(50)58)37-24-22-36(23-25-37)43-18-10-19-45(34-43)57-60-55(41-12-5-3-6-13-41)59-56(61-57)42-14-7-4-8-15-42/h3-35H,1-2H3. The molecule has 0 N–H and O–H groups in total. The minimum absolute atomic E-state index is 0.199. The van der Waals surface area contributed by atoms with Gasteiger partial charge in [-0.15, -0.1) is 0 Å². The molecule has 0 atom stereocenters. The van der Waals surface area contributed by atoms with E-state index >= 15 is 0 Å². The zero-order chi connectivity index (χ0) is 40.7. The van der Waals surface area contributed by atoms with Crippen LogP contribution in [0.2, 0.25) is 0 Å². The Morgan fingerprint density at radius 3 is 1.52 bits per heavy atom. The molecule has 0 unspecified atom stereocenters. The van der Waals surface area contributed by atoms with Gasteiger partial charge in [-0.05, 0) is 100 Å². The van der Waals surface area contributed by atoms with Gasteiger partial charge in [0.25, 0.3) is 0 Å². The van der Waals surface area contributed by atoms with E-state index in [-0.39, 0.29) is 5.41 Å². The van der Waals surface area contributed by atoms with Crippen molar-refractivity contribution in [1.29, 1.82) is 0 Å². The molecule has 11 aromatic rings. The molecule has 0 radical (unpaired) electrons. The summed E-state index contributed by atoms with van der Waals surface area (Å²) in [7, 11) is 0. The average molecular weight is 778 g/mol. The minimum Gasteiger partial charge on any atom is -0.208 e. The molecule has 0 fully saturated rings. The second kappa shape index (κ2) is 13.7. The van der Waals surface area contributed by atoms with Crippen molar-refractivity contribution < 1.29 is 0 Å². The van der Waals surface area contributed by atoms with Crippen LogP contribution in [0.25, 0.3) is 111 Å². The molecule has 0 amide bonds. The molecular weight excluding hydrogens is 739 g/mol. The molecule has 3 nitrogen and oxygen atoms in total. The smallest absolute Gasteiger partial charge is 0.164 e. The summed E-state index contributed by atoms with van der Waals surface area (Å²) < 4.78 is 0. The zero-order valence-electron chi connectivity index (χ0n) is 33.9. The van der Waals surface area contributed by atoms with Gasteiger partial charge in [0.15, 0.2) is 17.5 Å². The van der Waals surface area contributed by atoms with Crippen LogP contribution in [-0.4, -0.2) is 15.0 Å². The summed E-state index contributed by atoms with van der Waals surface area (Å²) in [6.45, 7) is 4.78. The summed E-state index contributed by atoms with van der Waals surface area (Å²) in [5, 5.41) is 7.90. The van der Waals surface area contributed by atoms with Crippen molar-refractivity contribution in [3.8, 4) is 78.7 Å². The summed E-state index contributed by atoms with van der Waals surface area (Å²) in [5.41, 5.74) is 15.3. The van der Waals surface area contributed by atoms with Crippen LogP contribution in [0, 0.1) is 0 Å². The van der Waals surface area contributed by atoms with E-state index in [1.54, 1.807) is 0 Å². The molecule has 10 aromatic carbocycles. The van der Waals surface area contributed by atoms with Crippen LogP contribution < -0.4 is 0 Å². The summed E-state index contributed by atoms with van der Waals surface area (Å²) in [6, 6.07) is 72.1. The number of hydrogen-bond donors (Lipinski definition) is 0. The minimum atomic E-state index is -0.199. The second-order valence-corrected chi connectivity index (χ2v) is 16.8. The fraction of sp³-hybridized carbons (Fsp3) is 0.0517. The molecule has 61 heavy (non-hydrogen) atoms. The maximum absolute atomic E-state index is 4.98. The van der Waals surface area contributed by atoms with Gasteiger partial charge in [0, 0.05) is 22.1 Å². The highest BCUT2D eigenvalue weighted by Crippen LogP contribution is 2.53. The summed E-state index contributed by atoms with van der Waals surface area (Å²) in [6.07, 6.45) is 0. The van der Waals surface area contributed by atoms with Gasteiger partial charge >= 0.3 is 0 Å². The van der Waals surface area contributed by atoms with E-state index in [4.69, 9.17) is 15.0 Å². The first-order valence-corrected chi connectivity index (χ1v) is 21.0. The number of hydrogen-bond acceptors (Lipinski definition) is 3. The van der Waals surface area contributed by atoms with Crippen molar-refractivity contribution in [2.75, 3.05) is 0 Å². The van der Waals surface area contributed by atoms with Crippen molar-refractivity contribution in [2.45, 2.75) is 19.3 Å². The lowest BCUT2D eigenvalue weighted by Crippen LogP contribution is -2.16. The van der Waals surface area contributed by atoms with Crippen molar-refractivity contribution in [3.63, 3.8) is 0 Å².